The summed E-state index contributed by atoms with van der Waals surface area (Å²) in [5.41, 5.74) is -4.63. The molecule has 0 saturated carbocycles. The Morgan fingerprint density at radius 3 is 2.43 bits per heavy atom. The molecular weight excluding hydrogens is 501 g/mol. The van der Waals surface area contributed by atoms with Crippen molar-refractivity contribution in [1.29, 1.82) is 0 Å². The molecule has 0 aliphatic heterocycles. The van der Waals surface area contributed by atoms with Crippen LogP contribution in [0.15, 0.2) is 28.9 Å². The van der Waals surface area contributed by atoms with Gasteiger partial charge in [0, 0.05) is 24.4 Å². The zero-order valence-corrected chi connectivity index (χ0v) is 17.0. The van der Waals surface area contributed by atoms with E-state index in [1.165, 1.54) is 6.07 Å². The summed E-state index contributed by atoms with van der Waals surface area (Å²) >= 11 is 0. The van der Waals surface area contributed by atoms with Gasteiger partial charge in [-0.15, -0.1) is 13.2 Å². The number of amides is 1. The second-order valence-electron chi connectivity index (χ2n) is 7.47. The van der Waals surface area contributed by atoms with Crippen molar-refractivity contribution >= 4 is 5.91 Å². The third-order valence-electron chi connectivity index (χ3n) is 5.04. The van der Waals surface area contributed by atoms with Crippen LogP contribution in [0.4, 0.5) is 39.5 Å². The number of carbonyl (C=O) groups excluding carboxylic acids is 1. The van der Waals surface area contributed by atoms with Crippen molar-refractivity contribution in [2.45, 2.75) is 44.0 Å². The van der Waals surface area contributed by atoms with Gasteiger partial charge < -0.3 is 9.73 Å². The number of pyridine rings is 1. The van der Waals surface area contributed by atoms with Gasteiger partial charge in [-0.05, 0) is 25.0 Å². The normalized spacial score (nSPS) is 16.8. The van der Waals surface area contributed by atoms with Crippen LogP contribution in [0.5, 0.6) is 0 Å². The van der Waals surface area contributed by atoms with Crippen LogP contribution in [0.25, 0.3) is 11.5 Å². The molecule has 3 aromatic rings. The van der Waals surface area contributed by atoms with Crippen LogP contribution in [0, 0.1) is 0 Å². The number of alkyl halides is 9. The quantitative estimate of drug-likeness (QED) is 0.484. The molecule has 0 bridgehead atoms. The Hall–Kier alpha value is -3.59. The van der Waals surface area contributed by atoms with Gasteiger partial charge in [0.1, 0.15) is 17.1 Å². The van der Waals surface area contributed by atoms with Gasteiger partial charge in [0.15, 0.2) is 5.69 Å². The highest BCUT2D eigenvalue weighted by atomic mass is 19.4. The SMILES string of the molecule is O=C(N[C@H]1CCCc2oc(-c3ccnc(C(F)(F)F)c3)nc21)c1cn(C(F)(F)F)nc1C(F)(F)F. The first-order valence-corrected chi connectivity index (χ1v) is 9.72. The highest BCUT2D eigenvalue weighted by Gasteiger charge is 2.44. The van der Waals surface area contributed by atoms with Crippen molar-refractivity contribution < 1.29 is 48.7 Å². The summed E-state index contributed by atoms with van der Waals surface area (Å²) in [6.07, 6.45) is -13.8. The molecule has 1 amide bonds. The van der Waals surface area contributed by atoms with Gasteiger partial charge in [0.2, 0.25) is 5.89 Å². The summed E-state index contributed by atoms with van der Waals surface area (Å²) < 4.78 is 122. The number of hydrogen-bond acceptors (Lipinski definition) is 5. The van der Waals surface area contributed by atoms with E-state index in [0.717, 1.165) is 6.20 Å². The highest BCUT2D eigenvalue weighted by Crippen LogP contribution is 2.37. The monoisotopic (exact) mass is 513 g/mol. The van der Waals surface area contributed by atoms with E-state index in [4.69, 9.17) is 4.42 Å². The van der Waals surface area contributed by atoms with Crippen molar-refractivity contribution in [3.05, 3.63) is 52.9 Å². The number of rotatable bonds is 3. The second-order valence-corrected chi connectivity index (χ2v) is 7.47. The smallest absolute Gasteiger partial charge is 0.441 e. The molecule has 1 aliphatic rings. The largest absolute Gasteiger partial charge is 0.504 e. The molecule has 7 nitrogen and oxygen atoms in total. The van der Waals surface area contributed by atoms with E-state index in [9.17, 15) is 44.3 Å². The summed E-state index contributed by atoms with van der Waals surface area (Å²) in [5, 5.41) is 4.65. The first-order valence-electron chi connectivity index (χ1n) is 9.72. The van der Waals surface area contributed by atoms with E-state index in [-0.39, 0.29) is 41.9 Å². The van der Waals surface area contributed by atoms with Gasteiger partial charge in [-0.25, -0.2) is 4.98 Å². The molecule has 3 aromatic heterocycles. The van der Waals surface area contributed by atoms with Crippen LogP contribution < -0.4 is 5.32 Å². The molecule has 0 saturated heterocycles. The summed E-state index contributed by atoms with van der Waals surface area (Å²) in [6.45, 7) is 0. The fraction of sp³-hybridized carbons (Fsp3) is 0.368. The number of carbonyl (C=O) groups is 1. The molecule has 0 radical (unpaired) electrons. The van der Waals surface area contributed by atoms with Crippen LogP contribution in [-0.4, -0.2) is 25.7 Å². The summed E-state index contributed by atoms with van der Waals surface area (Å²) in [6, 6.07) is 0.816. The Morgan fingerprint density at radius 2 is 1.80 bits per heavy atom. The van der Waals surface area contributed by atoms with Crippen LogP contribution in [0.3, 0.4) is 0 Å². The minimum atomic E-state index is -5.35. The van der Waals surface area contributed by atoms with Gasteiger partial charge in [0.05, 0.1) is 11.6 Å². The predicted octanol–water partition coefficient (Wildman–Crippen LogP) is 5.25. The number of nitrogens with one attached hydrogen (secondary N) is 1. The molecule has 1 N–H and O–H groups in total. The number of fused-ring (bicyclic) bond motifs is 1. The molecule has 0 aromatic carbocycles. The number of halogens is 9. The maximum absolute atomic E-state index is 13.2. The lowest BCUT2D eigenvalue weighted by molar-refractivity contribution is -0.214. The van der Waals surface area contributed by atoms with Crippen molar-refractivity contribution in [3.63, 3.8) is 0 Å². The Kier molecular flexibility index (Phi) is 5.79. The van der Waals surface area contributed by atoms with Crippen LogP contribution in [-0.2, 0) is 25.1 Å². The first-order chi connectivity index (χ1) is 16.1. The molecule has 1 aliphatic carbocycles. The average molecular weight is 513 g/mol. The fourth-order valence-corrected chi connectivity index (χ4v) is 3.52. The van der Waals surface area contributed by atoms with Crippen LogP contribution in [0.2, 0.25) is 0 Å². The van der Waals surface area contributed by atoms with E-state index in [1.54, 1.807) is 0 Å². The van der Waals surface area contributed by atoms with Crippen LogP contribution >= 0.6 is 0 Å². The molecule has 35 heavy (non-hydrogen) atoms. The number of nitrogens with zero attached hydrogens (tertiary/aromatic N) is 4. The molecule has 16 heteroatoms. The van der Waals surface area contributed by atoms with Crippen molar-refractivity contribution in [3.8, 4) is 11.5 Å². The van der Waals surface area contributed by atoms with Crippen molar-refractivity contribution in [1.82, 2.24) is 25.1 Å². The van der Waals surface area contributed by atoms with E-state index in [2.05, 4.69) is 20.4 Å². The molecule has 0 fully saturated rings. The van der Waals surface area contributed by atoms with Gasteiger partial charge in [-0.1, -0.05) is 0 Å². The number of aryl methyl sites for hydroxylation is 1. The zero-order valence-electron chi connectivity index (χ0n) is 17.0. The minimum absolute atomic E-state index is 0.0433. The molecular formula is C19H12F9N5O2. The third kappa shape index (κ3) is 4.95. The molecule has 1 atom stereocenters. The lowest BCUT2D eigenvalue weighted by Crippen LogP contribution is -2.32. The predicted molar refractivity (Wildman–Crippen MR) is 96.4 cm³/mol. The maximum atomic E-state index is 13.2. The summed E-state index contributed by atoms with van der Waals surface area (Å²) in [5.74, 6) is -1.56. The molecule has 4 rings (SSSR count). The lowest BCUT2D eigenvalue weighted by Gasteiger charge is -2.21. The minimum Gasteiger partial charge on any atom is -0.441 e. The first kappa shape index (κ1) is 24.5. The molecule has 3 heterocycles. The van der Waals surface area contributed by atoms with Gasteiger partial charge in [-0.3, -0.25) is 9.78 Å². The Balaban J connectivity index is 1.64. The number of hydrogen-bond donors (Lipinski definition) is 1. The second kappa shape index (κ2) is 8.27. The van der Waals surface area contributed by atoms with Gasteiger partial charge in [-0.2, -0.15) is 36.1 Å². The van der Waals surface area contributed by atoms with E-state index >= 15 is 0 Å². The lowest BCUT2D eigenvalue weighted by atomic mass is 9.96. The van der Waals surface area contributed by atoms with E-state index in [0.29, 0.717) is 12.5 Å². The van der Waals surface area contributed by atoms with E-state index < -0.39 is 52.2 Å². The average Bonchev–Trinajstić information content (AvgIpc) is 3.38. The topological polar surface area (TPSA) is 85.8 Å². The van der Waals surface area contributed by atoms with Gasteiger partial charge >= 0.3 is 18.7 Å². The number of oxazole rings is 1. The molecule has 0 spiro atoms. The molecule has 0 unspecified atom stereocenters. The highest BCUT2D eigenvalue weighted by molar-refractivity contribution is 5.95. The maximum Gasteiger partial charge on any atom is 0.504 e. The van der Waals surface area contributed by atoms with Crippen molar-refractivity contribution in [2.24, 2.45) is 0 Å². The zero-order chi connectivity index (χ0) is 25.8. The van der Waals surface area contributed by atoms with Gasteiger partial charge in [0.25, 0.3) is 5.91 Å². The Labute approximate surface area is 189 Å². The fourth-order valence-electron chi connectivity index (χ4n) is 3.52. The number of aromatic nitrogens is 4. The summed E-state index contributed by atoms with van der Waals surface area (Å²) in [4.78, 5) is 19.8. The van der Waals surface area contributed by atoms with Crippen LogP contribution in [0.1, 0.15) is 52.1 Å². The van der Waals surface area contributed by atoms with E-state index in [1.807, 2.05) is 0 Å². The summed E-state index contributed by atoms with van der Waals surface area (Å²) in [7, 11) is 0. The molecule has 188 valence electrons. The standard InChI is InChI=1S/C19H12F9N5O2/c20-17(21,22)12-6-8(4-5-29-12)16-31-13-10(2-1-3-11(13)35-16)30-15(34)9-7-33(19(26,27)28)32-14(9)18(23,24)25/h4-7,10H,1-3H2,(H,30,34)/t10-/m0/s1. The Bertz CT molecular complexity index is 1260. The van der Waals surface area contributed by atoms with Crippen molar-refractivity contribution in [2.75, 3.05) is 0 Å². The third-order valence-corrected chi connectivity index (χ3v) is 5.04. The Morgan fingerprint density at radius 1 is 1.09 bits per heavy atom.